The molecule has 2 aromatic carbocycles. The predicted molar refractivity (Wildman–Crippen MR) is 115 cm³/mol. The summed E-state index contributed by atoms with van der Waals surface area (Å²) in [5.74, 6) is -2.07. The van der Waals surface area contributed by atoms with Gasteiger partial charge in [-0.15, -0.1) is 0 Å². The number of aromatic nitrogens is 2. The molecule has 32 heavy (non-hydrogen) atoms. The van der Waals surface area contributed by atoms with E-state index in [1.54, 1.807) is 36.4 Å². The molecule has 2 aliphatic heterocycles. The maximum atomic E-state index is 12.8. The fourth-order valence-electron chi connectivity index (χ4n) is 3.84. The lowest BCUT2D eigenvalue weighted by Crippen LogP contribution is -2.37. The van der Waals surface area contributed by atoms with Gasteiger partial charge in [-0.3, -0.25) is 19.3 Å². The number of fused-ring (bicyclic) bond motifs is 2. The summed E-state index contributed by atoms with van der Waals surface area (Å²) in [5, 5.41) is 7.53. The molecule has 0 bridgehead atoms. The van der Waals surface area contributed by atoms with Crippen LogP contribution in [-0.4, -0.2) is 47.4 Å². The van der Waals surface area contributed by atoms with E-state index in [1.165, 1.54) is 16.8 Å². The van der Waals surface area contributed by atoms with E-state index in [2.05, 4.69) is 10.4 Å². The van der Waals surface area contributed by atoms with Crippen molar-refractivity contribution in [1.29, 1.82) is 0 Å². The van der Waals surface area contributed by atoms with Gasteiger partial charge < -0.3 is 5.32 Å². The van der Waals surface area contributed by atoms with Crippen LogP contribution in [0.1, 0.15) is 32.0 Å². The molecule has 0 spiro atoms. The van der Waals surface area contributed by atoms with Crippen LogP contribution in [0.5, 0.6) is 0 Å². The first kappa shape index (κ1) is 20.4. The number of hydrogen-bond acceptors (Lipinski definition) is 6. The van der Waals surface area contributed by atoms with Crippen LogP contribution in [0.2, 0.25) is 5.02 Å². The number of nitrogens with one attached hydrogen (secondary N) is 1. The van der Waals surface area contributed by atoms with Gasteiger partial charge in [-0.05, 0) is 36.4 Å². The van der Waals surface area contributed by atoms with Gasteiger partial charge in [-0.2, -0.15) is 5.10 Å². The fourth-order valence-corrected chi connectivity index (χ4v) is 5.46. The highest BCUT2D eigenvalue weighted by molar-refractivity contribution is 7.90. The number of anilines is 1. The van der Waals surface area contributed by atoms with Crippen LogP contribution in [0.15, 0.2) is 48.5 Å². The van der Waals surface area contributed by atoms with Crippen molar-refractivity contribution in [3.63, 3.8) is 0 Å². The van der Waals surface area contributed by atoms with E-state index in [4.69, 9.17) is 11.6 Å². The molecule has 0 radical (unpaired) electrons. The number of benzene rings is 2. The summed E-state index contributed by atoms with van der Waals surface area (Å²) in [6, 6.07) is 13.0. The smallest absolute Gasteiger partial charge is 0.262 e. The molecule has 3 aromatic rings. The zero-order chi connectivity index (χ0) is 22.6. The zero-order valence-electron chi connectivity index (χ0n) is 16.4. The average Bonchev–Trinajstić information content (AvgIpc) is 3.31. The Bertz CT molecular complexity index is 1380. The maximum Gasteiger partial charge on any atom is 0.262 e. The van der Waals surface area contributed by atoms with E-state index in [-0.39, 0.29) is 28.5 Å². The summed E-state index contributed by atoms with van der Waals surface area (Å²) in [5.41, 5.74) is 1.77. The lowest BCUT2D eigenvalue weighted by molar-refractivity contribution is -0.116. The van der Waals surface area contributed by atoms with Crippen LogP contribution in [-0.2, 0) is 26.1 Å². The average molecular weight is 471 g/mol. The molecule has 0 aliphatic carbocycles. The summed E-state index contributed by atoms with van der Waals surface area (Å²) >= 11 is 5.95. The second-order valence-corrected chi connectivity index (χ2v) is 9.99. The number of amides is 3. The van der Waals surface area contributed by atoms with E-state index in [9.17, 15) is 22.8 Å². The Morgan fingerprint density at radius 2 is 1.62 bits per heavy atom. The van der Waals surface area contributed by atoms with Crippen molar-refractivity contribution in [3.05, 3.63) is 75.9 Å². The number of imide groups is 1. The third-order valence-corrected chi connectivity index (χ3v) is 6.99. The van der Waals surface area contributed by atoms with E-state index < -0.39 is 34.1 Å². The molecule has 1 N–H and O–H groups in total. The van der Waals surface area contributed by atoms with Gasteiger partial charge in [-0.1, -0.05) is 23.7 Å². The second kappa shape index (κ2) is 7.28. The molecule has 0 unspecified atom stereocenters. The number of nitrogens with zero attached hydrogens (tertiary/aromatic N) is 3. The molecule has 162 valence electrons. The molecule has 11 heteroatoms. The normalized spacial score (nSPS) is 16.2. The van der Waals surface area contributed by atoms with Crippen molar-refractivity contribution in [1.82, 2.24) is 14.7 Å². The van der Waals surface area contributed by atoms with Crippen LogP contribution in [0.25, 0.3) is 5.69 Å². The quantitative estimate of drug-likeness (QED) is 0.584. The number of sulfone groups is 1. The highest BCUT2D eigenvalue weighted by Gasteiger charge is 2.37. The number of halogens is 1. The highest BCUT2D eigenvalue weighted by Crippen LogP contribution is 2.33. The van der Waals surface area contributed by atoms with Gasteiger partial charge in [0.25, 0.3) is 11.8 Å². The Morgan fingerprint density at radius 3 is 2.25 bits per heavy atom. The van der Waals surface area contributed by atoms with Gasteiger partial charge in [0, 0.05) is 10.6 Å². The zero-order valence-corrected chi connectivity index (χ0v) is 18.0. The molecule has 0 saturated heterocycles. The molecule has 0 fully saturated rings. The Balaban J connectivity index is 1.45. The van der Waals surface area contributed by atoms with Gasteiger partial charge in [0.2, 0.25) is 5.91 Å². The lowest BCUT2D eigenvalue weighted by atomic mass is 10.1. The van der Waals surface area contributed by atoms with Crippen molar-refractivity contribution in [2.45, 2.75) is 11.5 Å². The number of carbonyl (C=O) groups is 3. The van der Waals surface area contributed by atoms with Crippen molar-refractivity contribution < 1.29 is 22.8 Å². The number of hydrogen-bond donors (Lipinski definition) is 1. The van der Waals surface area contributed by atoms with E-state index in [0.717, 1.165) is 4.90 Å². The van der Waals surface area contributed by atoms with Gasteiger partial charge in [-0.25, -0.2) is 13.1 Å². The fraction of sp³-hybridized carbons (Fsp3) is 0.143. The van der Waals surface area contributed by atoms with Gasteiger partial charge >= 0.3 is 0 Å². The monoisotopic (exact) mass is 470 g/mol. The van der Waals surface area contributed by atoms with Crippen LogP contribution in [0, 0.1) is 0 Å². The molecule has 0 atom stereocenters. The molecule has 3 heterocycles. The maximum absolute atomic E-state index is 12.8. The Kier molecular flexibility index (Phi) is 4.64. The van der Waals surface area contributed by atoms with Crippen LogP contribution >= 0.6 is 11.6 Å². The van der Waals surface area contributed by atoms with Crippen LogP contribution < -0.4 is 5.32 Å². The summed E-state index contributed by atoms with van der Waals surface area (Å²) in [4.78, 5) is 38.8. The van der Waals surface area contributed by atoms with Crippen LogP contribution in [0.3, 0.4) is 0 Å². The minimum absolute atomic E-state index is 0.185. The first-order valence-corrected chi connectivity index (χ1v) is 11.8. The Hall–Kier alpha value is -3.50. The van der Waals surface area contributed by atoms with Crippen LogP contribution in [0.4, 0.5) is 5.82 Å². The molecular formula is C21H15ClN4O5S. The summed E-state index contributed by atoms with van der Waals surface area (Å²) < 4.78 is 25.6. The standard InChI is InChI=1S/C21H15ClN4O5S/c22-12-5-7-13(8-6-12)26-19(16-10-32(30,31)11-17(16)24-26)23-18(27)9-25-20(28)14-3-1-2-4-15(14)21(25)29/h1-8H,9-11H2,(H,23,27). The van der Waals surface area contributed by atoms with Gasteiger partial charge in [0.15, 0.2) is 9.84 Å². The molecule has 1 aromatic heterocycles. The molecule has 2 aliphatic rings. The van der Waals surface area contributed by atoms with Gasteiger partial charge in [0.1, 0.15) is 12.4 Å². The topological polar surface area (TPSA) is 118 Å². The third kappa shape index (κ3) is 3.37. The second-order valence-electron chi connectivity index (χ2n) is 7.48. The molecule has 9 nitrogen and oxygen atoms in total. The molecule has 0 saturated carbocycles. The Labute approximate surface area is 187 Å². The predicted octanol–water partition coefficient (Wildman–Crippen LogP) is 2.19. The van der Waals surface area contributed by atoms with E-state index in [1.807, 2.05) is 0 Å². The van der Waals surface area contributed by atoms with Crippen molar-refractivity contribution in [2.75, 3.05) is 11.9 Å². The largest absolute Gasteiger partial charge is 0.309 e. The van der Waals surface area contributed by atoms with Crippen molar-refractivity contribution in [2.24, 2.45) is 0 Å². The van der Waals surface area contributed by atoms with Crippen molar-refractivity contribution in [3.8, 4) is 5.69 Å². The first-order valence-electron chi connectivity index (χ1n) is 9.56. The molecule has 3 amide bonds. The summed E-state index contributed by atoms with van der Waals surface area (Å²) in [7, 11) is -3.37. The SMILES string of the molecule is O=C(CN1C(=O)c2ccccc2C1=O)Nc1c2c(nn1-c1ccc(Cl)cc1)CS(=O)(=O)C2. The minimum atomic E-state index is -3.37. The summed E-state index contributed by atoms with van der Waals surface area (Å²) in [6.07, 6.45) is 0. The van der Waals surface area contributed by atoms with E-state index in [0.29, 0.717) is 22.0 Å². The van der Waals surface area contributed by atoms with Crippen molar-refractivity contribution >= 4 is 45.0 Å². The Morgan fingerprint density at radius 1 is 1.00 bits per heavy atom. The lowest BCUT2D eigenvalue weighted by Gasteiger charge is -2.15. The highest BCUT2D eigenvalue weighted by atomic mass is 35.5. The molecule has 5 rings (SSSR count). The molecular weight excluding hydrogens is 456 g/mol. The minimum Gasteiger partial charge on any atom is -0.309 e. The number of carbonyl (C=O) groups excluding carboxylic acids is 3. The van der Waals surface area contributed by atoms with Gasteiger partial charge in [0.05, 0.1) is 34.0 Å². The first-order chi connectivity index (χ1) is 15.2. The summed E-state index contributed by atoms with van der Waals surface area (Å²) in [6.45, 7) is -0.514. The number of rotatable bonds is 4. The van der Waals surface area contributed by atoms with E-state index >= 15 is 0 Å². The third-order valence-electron chi connectivity index (χ3n) is 5.30.